The Morgan fingerprint density at radius 1 is 1.06 bits per heavy atom. The fourth-order valence-corrected chi connectivity index (χ4v) is 6.51. The summed E-state index contributed by atoms with van der Waals surface area (Å²) < 4.78 is 40.3. The number of hydrogen-bond acceptors (Lipinski definition) is 4. The highest BCUT2D eigenvalue weighted by Crippen LogP contribution is 2.60. The maximum absolute atomic E-state index is 13.8. The van der Waals surface area contributed by atoms with Crippen LogP contribution >= 0.6 is 11.6 Å². The first-order chi connectivity index (χ1) is 15.7. The molecule has 0 radical (unpaired) electrons. The predicted octanol–water partition coefficient (Wildman–Crippen LogP) is 3.79. The molecule has 4 atom stereocenters. The maximum atomic E-state index is 13.8. The molecule has 3 amide bonds. The standard InChI is InChI=1S/C23H17ClF3N3O3/c24-14-8-7-11(10-13(14)23(25,26)27)30-19(31)17-16-6-3-9-29(16)22(18(17)20(30)32)12-4-1-2-5-15(12)28-21(22)33/h1-2,4-5,7-8,10,16-18H,3,6,9H2,(H,28,33)/t16-,17+,18+,22+/m0/s1. The van der Waals surface area contributed by atoms with Crippen LogP contribution in [-0.2, 0) is 26.1 Å². The third kappa shape index (κ3) is 2.46. The summed E-state index contributed by atoms with van der Waals surface area (Å²) in [6.45, 7) is 0.555. The quantitative estimate of drug-likeness (QED) is 0.637. The molecule has 1 N–H and O–H groups in total. The molecular weight excluding hydrogens is 459 g/mol. The van der Waals surface area contributed by atoms with E-state index in [0.29, 0.717) is 24.2 Å². The smallest absolute Gasteiger partial charge is 0.324 e. The van der Waals surface area contributed by atoms with Gasteiger partial charge >= 0.3 is 6.18 Å². The van der Waals surface area contributed by atoms with E-state index in [1.807, 2.05) is 4.90 Å². The number of nitrogens with zero attached hydrogens (tertiary/aromatic N) is 2. The van der Waals surface area contributed by atoms with Gasteiger partial charge in [0.15, 0.2) is 0 Å². The molecule has 0 saturated carbocycles. The molecule has 170 valence electrons. The Kier molecular flexibility index (Phi) is 4.12. The number of alkyl halides is 3. The molecule has 6 rings (SSSR count). The average Bonchev–Trinajstić information content (AvgIpc) is 3.46. The summed E-state index contributed by atoms with van der Waals surface area (Å²) in [5, 5.41) is 2.33. The average molecular weight is 476 g/mol. The van der Waals surface area contributed by atoms with Crippen molar-refractivity contribution in [2.75, 3.05) is 16.8 Å². The molecule has 0 aromatic heterocycles. The molecule has 3 saturated heterocycles. The number of imide groups is 1. The minimum atomic E-state index is -4.75. The molecule has 4 aliphatic heterocycles. The first-order valence-electron chi connectivity index (χ1n) is 10.6. The molecule has 0 bridgehead atoms. The Balaban J connectivity index is 1.52. The topological polar surface area (TPSA) is 69.7 Å². The van der Waals surface area contributed by atoms with E-state index in [0.717, 1.165) is 23.5 Å². The highest BCUT2D eigenvalue weighted by Gasteiger charge is 2.74. The van der Waals surface area contributed by atoms with E-state index in [-0.39, 0.29) is 17.6 Å². The number of anilines is 2. The van der Waals surface area contributed by atoms with Crippen LogP contribution < -0.4 is 10.2 Å². The monoisotopic (exact) mass is 475 g/mol. The van der Waals surface area contributed by atoms with Gasteiger partial charge in [0.05, 0.1) is 28.1 Å². The number of fused-ring (bicyclic) bond motifs is 7. The molecule has 6 nitrogen and oxygen atoms in total. The van der Waals surface area contributed by atoms with E-state index in [1.54, 1.807) is 24.3 Å². The largest absolute Gasteiger partial charge is 0.417 e. The fraction of sp³-hybridized carbons (Fsp3) is 0.348. The van der Waals surface area contributed by atoms with Crippen molar-refractivity contribution in [3.8, 4) is 0 Å². The Labute approximate surface area is 191 Å². The highest BCUT2D eigenvalue weighted by atomic mass is 35.5. The van der Waals surface area contributed by atoms with Gasteiger partial charge < -0.3 is 5.32 Å². The van der Waals surface area contributed by atoms with Crippen LogP contribution in [0.25, 0.3) is 0 Å². The Hall–Kier alpha value is -2.91. The van der Waals surface area contributed by atoms with Gasteiger partial charge in [-0.15, -0.1) is 0 Å². The van der Waals surface area contributed by atoms with Gasteiger partial charge in [0.2, 0.25) is 17.7 Å². The lowest BCUT2D eigenvalue weighted by atomic mass is 9.75. The Morgan fingerprint density at radius 2 is 1.82 bits per heavy atom. The summed E-state index contributed by atoms with van der Waals surface area (Å²) in [5.74, 6) is -3.46. The maximum Gasteiger partial charge on any atom is 0.417 e. The molecule has 3 fully saturated rings. The minimum absolute atomic E-state index is 0.192. The van der Waals surface area contributed by atoms with Gasteiger partial charge in [0.25, 0.3) is 0 Å². The van der Waals surface area contributed by atoms with Crippen LogP contribution in [0.15, 0.2) is 42.5 Å². The van der Waals surface area contributed by atoms with Crippen LogP contribution in [0.5, 0.6) is 0 Å². The van der Waals surface area contributed by atoms with Crippen molar-refractivity contribution in [3.05, 3.63) is 58.6 Å². The second-order valence-electron chi connectivity index (χ2n) is 8.85. The zero-order valence-electron chi connectivity index (χ0n) is 17.0. The third-order valence-electron chi connectivity index (χ3n) is 7.41. The number of nitrogens with one attached hydrogen (secondary N) is 1. The zero-order valence-corrected chi connectivity index (χ0v) is 17.8. The number of amides is 3. The summed E-state index contributed by atoms with van der Waals surface area (Å²) in [7, 11) is 0. The number of hydrogen-bond donors (Lipinski definition) is 1. The van der Waals surface area contributed by atoms with Gasteiger partial charge in [0.1, 0.15) is 5.54 Å². The van der Waals surface area contributed by atoms with Crippen LogP contribution in [0.3, 0.4) is 0 Å². The summed E-state index contributed by atoms with van der Waals surface area (Å²) in [5.41, 5.74) is -1.46. The van der Waals surface area contributed by atoms with E-state index >= 15 is 0 Å². The number of rotatable bonds is 1. The van der Waals surface area contributed by atoms with Gasteiger partial charge in [-0.1, -0.05) is 29.8 Å². The van der Waals surface area contributed by atoms with Crippen LogP contribution in [-0.4, -0.2) is 35.2 Å². The molecule has 2 aromatic rings. The van der Waals surface area contributed by atoms with Crippen molar-refractivity contribution < 1.29 is 27.6 Å². The van der Waals surface area contributed by atoms with Crippen LogP contribution in [0.4, 0.5) is 24.5 Å². The van der Waals surface area contributed by atoms with E-state index < -0.39 is 46.0 Å². The number of para-hydroxylation sites is 1. The van der Waals surface area contributed by atoms with E-state index in [2.05, 4.69) is 5.32 Å². The van der Waals surface area contributed by atoms with Crippen molar-refractivity contribution in [2.45, 2.75) is 30.6 Å². The Morgan fingerprint density at radius 3 is 2.58 bits per heavy atom. The molecule has 0 unspecified atom stereocenters. The molecule has 4 heterocycles. The number of carbonyl (C=O) groups is 3. The zero-order chi connectivity index (χ0) is 23.3. The third-order valence-corrected chi connectivity index (χ3v) is 7.74. The Bertz CT molecular complexity index is 1250. The summed E-state index contributed by atoms with van der Waals surface area (Å²) >= 11 is 5.73. The molecule has 2 aromatic carbocycles. The molecule has 1 spiro atoms. The van der Waals surface area contributed by atoms with Gasteiger partial charge in [0, 0.05) is 17.3 Å². The normalized spacial score (nSPS) is 30.7. The number of halogens is 4. The molecule has 33 heavy (non-hydrogen) atoms. The second-order valence-corrected chi connectivity index (χ2v) is 9.25. The van der Waals surface area contributed by atoms with Crippen molar-refractivity contribution in [1.29, 1.82) is 0 Å². The lowest BCUT2D eigenvalue weighted by Crippen LogP contribution is -2.54. The van der Waals surface area contributed by atoms with Gasteiger partial charge in [-0.2, -0.15) is 13.2 Å². The van der Waals surface area contributed by atoms with Crippen molar-refractivity contribution >= 4 is 40.7 Å². The minimum Gasteiger partial charge on any atom is -0.324 e. The van der Waals surface area contributed by atoms with E-state index in [4.69, 9.17) is 11.6 Å². The van der Waals surface area contributed by atoms with E-state index in [1.165, 1.54) is 6.07 Å². The van der Waals surface area contributed by atoms with Crippen molar-refractivity contribution in [2.24, 2.45) is 11.8 Å². The number of carbonyl (C=O) groups excluding carboxylic acids is 3. The molecule has 4 aliphatic rings. The second kappa shape index (κ2) is 6.57. The fourth-order valence-electron chi connectivity index (χ4n) is 6.28. The summed E-state index contributed by atoms with van der Waals surface area (Å²) in [6.07, 6.45) is -3.37. The SMILES string of the molecule is O=C1[C@@H]2[C@@H]3CCCN3[C@@]3(C(=O)Nc4ccccc43)[C@H]2C(=O)N1c1ccc(Cl)c(C(F)(F)F)c1. The van der Waals surface area contributed by atoms with Crippen molar-refractivity contribution in [3.63, 3.8) is 0 Å². The predicted molar refractivity (Wildman–Crippen MR) is 112 cm³/mol. The lowest BCUT2D eigenvalue weighted by molar-refractivity contribution is -0.137. The van der Waals surface area contributed by atoms with Crippen LogP contribution in [0.1, 0.15) is 24.0 Å². The summed E-state index contributed by atoms with van der Waals surface area (Å²) in [4.78, 5) is 43.6. The lowest BCUT2D eigenvalue weighted by Gasteiger charge is -2.36. The molecular formula is C23H17ClF3N3O3. The first-order valence-corrected chi connectivity index (χ1v) is 11.0. The number of benzene rings is 2. The van der Waals surface area contributed by atoms with Gasteiger partial charge in [-0.3, -0.25) is 19.3 Å². The summed E-state index contributed by atoms with van der Waals surface area (Å²) in [6, 6.07) is 9.70. The van der Waals surface area contributed by atoms with E-state index in [9.17, 15) is 27.6 Å². The highest BCUT2D eigenvalue weighted by molar-refractivity contribution is 6.32. The molecule has 0 aliphatic carbocycles. The first kappa shape index (κ1) is 20.7. The van der Waals surface area contributed by atoms with Crippen molar-refractivity contribution in [1.82, 2.24) is 4.90 Å². The van der Waals surface area contributed by atoms with Crippen LogP contribution in [0, 0.1) is 11.8 Å². The van der Waals surface area contributed by atoms with Crippen LogP contribution in [0.2, 0.25) is 5.02 Å². The van der Waals surface area contributed by atoms with Gasteiger partial charge in [-0.05, 0) is 43.7 Å². The van der Waals surface area contributed by atoms with Gasteiger partial charge in [-0.25, -0.2) is 4.90 Å². The molecule has 10 heteroatoms.